The van der Waals surface area contributed by atoms with Crippen molar-refractivity contribution in [2.75, 3.05) is 17.7 Å². The molecule has 1 aliphatic rings. The number of nitrogens with zero attached hydrogens (tertiary/aromatic N) is 1. The zero-order chi connectivity index (χ0) is 22.7. The van der Waals surface area contributed by atoms with Crippen LogP contribution in [0, 0.1) is 19.8 Å². The van der Waals surface area contributed by atoms with Crippen LogP contribution in [0.15, 0.2) is 36.4 Å². The van der Waals surface area contributed by atoms with E-state index in [-0.39, 0.29) is 17.6 Å². The van der Waals surface area contributed by atoms with Crippen LogP contribution >= 0.6 is 11.3 Å². The summed E-state index contributed by atoms with van der Waals surface area (Å²) in [7, 11) is 1.64. The quantitative estimate of drug-likeness (QED) is 0.418. The van der Waals surface area contributed by atoms with Gasteiger partial charge in [-0.15, -0.1) is 0 Å². The first-order chi connectivity index (χ1) is 15.4. The van der Waals surface area contributed by atoms with Crippen LogP contribution in [0.2, 0.25) is 0 Å². The Hall–Kier alpha value is -3.06. The molecule has 2 aromatic carbocycles. The molecule has 3 N–H and O–H groups in total. The monoisotopic (exact) mass is 451 g/mol. The van der Waals surface area contributed by atoms with Gasteiger partial charge in [0.25, 0.3) is 0 Å². The van der Waals surface area contributed by atoms with Crippen molar-refractivity contribution in [2.24, 2.45) is 5.92 Å². The molecule has 1 fully saturated rings. The Labute approximate surface area is 192 Å². The van der Waals surface area contributed by atoms with Crippen molar-refractivity contribution in [1.29, 1.82) is 0 Å². The minimum atomic E-state index is 0.0813. The first-order valence-electron chi connectivity index (χ1n) is 10.9. The van der Waals surface area contributed by atoms with E-state index in [1.54, 1.807) is 13.2 Å². The second-order valence-electron chi connectivity index (χ2n) is 8.30. The SMILES string of the molecule is COc1ccc(-c2sc(NC(=O)C3CCCC3)nc2C)cc1NCc1cc(C)ccc1O. The van der Waals surface area contributed by atoms with Crippen molar-refractivity contribution < 1.29 is 14.6 Å². The van der Waals surface area contributed by atoms with Crippen LogP contribution in [0.4, 0.5) is 10.8 Å². The highest BCUT2D eigenvalue weighted by Gasteiger charge is 2.24. The van der Waals surface area contributed by atoms with Gasteiger partial charge < -0.3 is 20.5 Å². The summed E-state index contributed by atoms with van der Waals surface area (Å²) in [5, 5.41) is 17.2. The van der Waals surface area contributed by atoms with Crippen molar-refractivity contribution in [3.8, 4) is 21.9 Å². The number of phenols is 1. The molecular formula is C25H29N3O3S. The minimum absolute atomic E-state index is 0.0813. The lowest BCUT2D eigenvalue weighted by Gasteiger charge is -2.14. The molecule has 0 bridgehead atoms. The predicted octanol–water partition coefficient (Wildman–Crippen LogP) is 5.88. The number of aromatic hydroxyl groups is 1. The summed E-state index contributed by atoms with van der Waals surface area (Å²) in [4.78, 5) is 18.1. The zero-order valence-electron chi connectivity index (χ0n) is 18.7. The molecular weight excluding hydrogens is 422 g/mol. The number of aryl methyl sites for hydroxylation is 2. The molecule has 1 aliphatic carbocycles. The lowest BCUT2D eigenvalue weighted by Crippen LogP contribution is -2.20. The largest absolute Gasteiger partial charge is 0.508 e. The Morgan fingerprint density at radius 3 is 2.72 bits per heavy atom. The van der Waals surface area contributed by atoms with E-state index in [0.717, 1.165) is 64.4 Å². The second-order valence-corrected chi connectivity index (χ2v) is 9.30. The number of anilines is 2. The average Bonchev–Trinajstić information content (AvgIpc) is 3.44. The van der Waals surface area contributed by atoms with E-state index in [2.05, 4.69) is 15.6 Å². The number of benzene rings is 2. The fraction of sp³-hybridized carbons (Fsp3) is 0.360. The van der Waals surface area contributed by atoms with Crippen molar-refractivity contribution in [3.05, 3.63) is 53.2 Å². The Morgan fingerprint density at radius 2 is 1.97 bits per heavy atom. The maximum Gasteiger partial charge on any atom is 0.229 e. The molecule has 6 nitrogen and oxygen atoms in total. The first-order valence-corrected chi connectivity index (χ1v) is 11.8. The predicted molar refractivity (Wildman–Crippen MR) is 130 cm³/mol. The van der Waals surface area contributed by atoms with Crippen molar-refractivity contribution >= 4 is 28.1 Å². The highest BCUT2D eigenvalue weighted by molar-refractivity contribution is 7.19. The van der Waals surface area contributed by atoms with E-state index in [9.17, 15) is 9.90 Å². The molecule has 1 amide bonds. The first kappa shape index (κ1) is 22.1. The summed E-state index contributed by atoms with van der Waals surface area (Å²) in [6.45, 7) is 4.43. The number of nitrogens with one attached hydrogen (secondary N) is 2. The van der Waals surface area contributed by atoms with Gasteiger partial charge in [0.15, 0.2) is 5.13 Å². The van der Waals surface area contributed by atoms with E-state index >= 15 is 0 Å². The van der Waals surface area contributed by atoms with E-state index in [4.69, 9.17) is 4.74 Å². The molecule has 3 aromatic rings. The zero-order valence-corrected chi connectivity index (χ0v) is 19.5. The molecule has 4 rings (SSSR count). The summed E-state index contributed by atoms with van der Waals surface area (Å²) in [6, 6.07) is 11.5. The molecule has 0 atom stereocenters. The molecule has 1 saturated carbocycles. The van der Waals surface area contributed by atoms with Gasteiger partial charge in [0.1, 0.15) is 11.5 Å². The highest BCUT2D eigenvalue weighted by Crippen LogP contribution is 2.38. The highest BCUT2D eigenvalue weighted by atomic mass is 32.1. The van der Waals surface area contributed by atoms with Crippen molar-refractivity contribution in [3.63, 3.8) is 0 Å². The standard InChI is InChI=1S/C25H29N3O3S/c1-15-8-10-21(29)19(12-15)14-26-20-13-18(9-11-22(20)31-3)23-16(2)27-25(32-23)28-24(30)17-6-4-5-7-17/h8-13,17,26,29H,4-7,14H2,1-3H3,(H,27,28,30). The van der Waals surface area contributed by atoms with Gasteiger partial charge in [-0.3, -0.25) is 4.79 Å². The fourth-order valence-corrected chi connectivity index (χ4v) is 5.11. The number of rotatable bonds is 7. The summed E-state index contributed by atoms with van der Waals surface area (Å²) in [6.07, 6.45) is 4.18. The third-order valence-electron chi connectivity index (χ3n) is 5.92. The van der Waals surface area contributed by atoms with Crippen molar-refractivity contribution in [2.45, 2.75) is 46.1 Å². The number of carbonyl (C=O) groups excluding carboxylic acids is 1. The van der Waals surface area contributed by atoms with Gasteiger partial charge in [-0.1, -0.05) is 41.9 Å². The number of carbonyl (C=O) groups is 1. The third-order valence-corrected chi connectivity index (χ3v) is 7.04. The number of aromatic nitrogens is 1. The maximum atomic E-state index is 12.5. The Kier molecular flexibility index (Phi) is 6.65. The van der Waals surface area contributed by atoms with Crippen LogP contribution < -0.4 is 15.4 Å². The molecule has 1 aromatic heterocycles. The molecule has 0 unspecified atom stereocenters. The molecule has 1 heterocycles. The molecule has 0 saturated heterocycles. The summed E-state index contributed by atoms with van der Waals surface area (Å²) < 4.78 is 5.53. The van der Waals surface area contributed by atoms with Crippen LogP contribution in [0.5, 0.6) is 11.5 Å². The Morgan fingerprint density at radius 1 is 1.19 bits per heavy atom. The summed E-state index contributed by atoms with van der Waals surface area (Å²) in [5.74, 6) is 1.17. The molecule has 0 aliphatic heterocycles. The van der Waals surface area contributed by atoms with Crippen molar-refractivity contribution in [1.82, 2.24) is 4.98 Å². The average molecular weight is 452 g/mol. The van der Waals surface area contributed by atoms with Crippen LogP contribution in [0.1, 0.15) is 42.5 Å². The minimum Gasteiger partial charge on any atom is -0.508 e. The number of methoxy groups -OCH3 is 1. The molecule has 32 heavy (non-hydrogen) atoms. The molecule has 168 valence electrons. The van der Waals surface area contributed by atoms with E-state index in [1.165, 1.54) is 11.3 Å². The molecule has 7 heteroatoms. The van der Waals surface area contributed by atoms with Gasteiger partial charge in [0.05, 0.1) is 23.4 Å². The lowest BCUT2D eigenvalue weighted by atomic mass is 10.1. The number of ether oxygens (including phenoxy) is 1. The van der Waals surface area contributed by atoms with E-state index in [1.807, 2.05) is 44.2 Å². The van der Waals surface area contributed by atoms with Crippen LogP contribution in [0.25, 0.3) is 10.4 Å². The summed E-state index contributed by atoms with van der Waals surface area (Å²) >= 11 is 1.49. The number of phenolic OH excluding ortho intramolecular Hbond substituents is 1. The molecule has 0 radical (unpaired) electrons. The van der Waals surface area contributed by atoms with Gasteiger partial charge in [-0.25, -0.2) is 4.98 Å². The maximum absolute atomic E-state index is 12.5. The fourth-order valence-electron chi connectivity index (χ4n) is 4.15. The smallest absolute Gasteiger partial charge is 0.229 e. The van der Waals surface area contributed by atoms with Gasteiger partial charge in [0.2, 0.25) is 5.91 Å². The number of hydrogen-bond acceptors (Lipinski definition) is 6. The third kappa shape index (κ3) is 4.88. The van der Waals surface area contributed by atoms with Gasteiger partial charge in [-0.05, 0) is 56.5 Å². The normalized spacial score (nSPS) is 13.8. The number of hydrogen-bond donors (Lipinski definition) is 3. The topological polar surface area (TPSA) is 83.5 Å². The van der Waals surface area contributed by atoms with Crippen LogP contribution in [-0.2, 0) is 11.3 Å². The van der Waals surface area contributed by atoms with Gasteiger partial charge in [0, 0.05) is 18.0 Å². The second kappa shape index (κ2) is 9.61. The summed E-state index contributed by atoms with van der Waals surface area (Å²) in [5.41, 5.74) is 4.62. The lowest BCUT2D eigenvalue weighted by molar-refractivity contribution is -0.119. The molecule has 0 spiro atoms. The Bertz CT molecular complexity index is 1120. The van der Waals surface area contributed by atoms with Gasteiger partial charge in [-0.2, -0.15) is 0 Å². The van der Waals surface area contributed by atoms with E-state index < -0.39 is 0 Å². The number of thiazole rings is 1. The van der Waals surface area contributed by atoms with Gasteiger partial charge >= 0.3 is 0 Å². The Balaban J connectivity index is 1.54. The van der Waals surface area contributed by atoms with E-state index in [0.29, 0.717) is 11.7 Å². The number of amides is 1. The van der Waals surface area contributed by atoms with Crippen LogP contribution in [-0.4, -0.2) is 23.1 Å². The van der Waals surface area contributed by atoms with Crippen LogP contribution in [0.3, 0.4) is 0 Å².